The highest BCUT2D eigenvalue weighted by Crippen LogP contribution is 2.42. The molecular formula is C10H12BrN3O2S2. The summed E-state index contributed by atoms with van der Waals surface area (Å²) in [5.41, 5.74) is 0.531. The lowest BCUT2D eigenvalue weighted by Gasteiger charge is -2.27. The number of hydrogen-bond acceptors (Lipinski definition) is 5. The quantitative estimate of drug-likeness (QED) is 0.790. The highest BCUT2D eigenvalue weighted by atomic mass is 79.9. The summed E-state index contributed by atoms with van der Waals surface area (Å²) in [6, 6.07) is 1.74. The zero-order valence-electron chi connectivity index (χ0n) is 9.47. The molecule has 2 N–H and O–H groups in total. The Morgan fingerprint density at radius 2 is 2.11 bits per heavy atom. The average Bonchev–Trinajstić information content (AvgIpc) is 2.92. The lowest BCUT2D eigenvalue weighted by molar-refractivity contribution is 0.596. The van der Waals surface area contributed by atoms with Crippen molar-refractivity contribution in [2.24, 2.45) is 16.2 Å². The molecule has 1 aromatic heterocycles. The van der Waals surface area contributed by atoms with Gasteiger partial charge in [-0.15, -0.1) is 15.7 Å². The van der Waals surface area contributed by atoms with Gasteiger partial charge >= 0.3 is 0 Å². The van der Waals surface area contributed by atoms with Gasteiger partial charge in [-0.2, -0.15) is 8.42 Å². The van der Waals surface area contributed by atoms with Crippen LogP contribution in [0.4, 0.5) is 5.69 Å². The first-order valence-electron chi connectivity index (χ1n) is 5.68. The lowest BCUT2D eigenvalue weighted by atomic mass is 10.1. The van der Waals surface area contributed by atoms with E-state index in [-0.39, 0.29) is 10.1 Å². The average molecular weight is 350 g/mol. The van der Waals surface area contributed by atoms with Crippen molar-refractivity contribution in [1.82, 2.24) is 0 Å². The van der Waals surface area contributed by atoms with Crippen LogP contribution in [-0.4, -0.2) is 14.3 Å². The third-order valence-corrected chi connectivity index (χ3v) is 6.73. The molecule has 1 aliphatic heterocycles. The minimum Gasteiger partial charge on any atom is -0.263 e. The Morgan fingerprint density at radius 3 is 2.78 bits per heavy atom. The molecule has 0 saturated heterocycles. The zero-order chi connectivity index (χ0) is 12.9. The van der Waals surface area contributed by atoms with Gasteiger partial charge in [-0.25, -0.2) is 5.84 Å². The highest BCUT2D eigenvalue weighted by Gasteiger charge is 2.36. The monoisotopic (exact) mass is 349 g/mol. The van der Waals surface area contributed by atoms with E-state index in [0.29, 0.717) is 11.5 Å². The molecule has 18 heavy (non-hydrogen) atoms. The van der Waals surface area contributed by atoms with Crippen LogP contribution in [0.25, 0.3) is 0 Å². The van der Waals surface area contributed by atoms with Gasteiger partial charge in [0.2, 0.25) is 0 Å². The van der Waals surface area contributed by atoms with E-state index < -0.39 is 10.0 Å². The smallest absolute Gasteiger partial charge is 0.263 e. The number of nitrogens with two attached hydrogens (primary N) is 1. The molecule has 8 heteroatoms. The van der Waals surface area contributed by atoms with Crippen LogP contribution < -0.4 is 10.9 Å². The van der Waals surface area contributed by atoms with E-state index in [9.17, 15) is 8.42 Å². The Labute approximate surface area is 118 Å². The maximum Gasteiger partial charge on any atom is 0.295 e. The molecule has 1 saturated carbocycles. The van der Waals surface area contributed by atoms with Crippen LogP contribution >= 0.6 is 27.3 Å². The molecule has 0 spiro atoms. The van der Waals surface area contributed by atoms with E-state index in [2.05, 4.69) is 20.3 Å². The third-order valence-electron chi connectivity index (χ3n) is 3.32. The van der Waals surface area contributed by atoms with Crippen molar-refractivity contribution < 1.29 is 8.42 Å². The molecule has 5 nitrogen and oxygen atoms in total. The van der Waals surface area contributed by atoms with E-state index >= 15 is 0 Å². The number of nitrogens with zero attached hydrogens (tertiary/aromatic N) is 2. The fraction of sp³-hybridized carbons (Fsp3) is 0.500. The number of fused-ring (bicyclic) bond motifs is 1. The number of hydrogen-bond donors (Lipinski definition) is 1. The summed E-state index contributed by atoms with van der Waals surface area (Å²) in [7, 11) is -3.59. The van der Waals surface area contributed by atoms with Gasteiger partial charge in [0.15, 0.2) is 4.21 Å². The van der Waals surface area contributed by atoms with Crippen LogP contribution in [0.1, 0.15) is 25.7 Å². The van der Waals surface area contributed by atoms with Crippen LogP contribution in [0.15, 0.2) is 18.5 Å². The van der Waals surface area contributed by atoms with E-state index in [1.54, 1.807) is 6.07 Å². The molecule has 0 unspecified atom stereocenters. The van der Waals surface area contributed by atoms with Gasteiger partial charge in [-0.3, -0.25) is 5.01 Å². The summed E-state index contributed by atoms with van der Waals surface area (Å²) in [5.74, 6) is 6.68. The second-order valence-electron chi connectivity index (χ2n) is 4.50. The zero-order valence-corrected chi connectivity index (χ0v) is 12.7. The summed E-state index contributed by atoms with van der Waals surface area (Å²) in [6.07, 6.45) is 4.14. The maximum atomic E-state index is 12.1. The number of thiophene rings is 1. The van der Waals surface area contributed by atoms with E-state index in [0.717, 1.165) is 40.8 Å². The van der Waals surface area contributed by atoms with Crippen molar-refractivity contribution in [3.63, 3.8) is 0 Å². The predicted molar refractivity (Wildman–Crippen MR) is 75.3 cm³/mol. The van der Waals surface area contributed by atoms with Gasteiger partial charge in [-0.05, 0) is 34.8 Å². The number of rotatable bonds is 1. The molecule has 2 aliphatic rings. The van der Waals surface area contributed by atoms with Crippen LogP contribution in [0, 0.1) is 5.92 Å². The van der Waals surface area contributed by atoms with Gasteiger partial charge < -0.3 is 0 Å². The predicted octanol–water partition coefficient (Wildman–Crippen LogP) is 2.48. The first kappa shape index (κ1) is 12.6. The number of anilines is 1. The second kappa shape index (κ2) is 4.29. The topological polar surface area (TPSA) is 75.8 Å². The first-order valence-corrected chi connectivity index (χ1v) is 8.73. The van der Waals surface area contributed by atoms with Crippen molar-refractivity contribution in [2.45, 2.75) is 29.9 Å². The number of hydrazine groups is 1. The lowest BCUT2D eigenvalue weighted by Crippen LogP contribution is -2.44. The largest absolute Gasteiger partial charge is 0.295 e. The number of halogens is 1. The van der Waals surface area contributed by atoms with E-state index in [4.69, 9.17) is 5.84 Å². The van der Waals surface area contributed by atoms with Crippen molar-refractivity contribution >= 4 is 48.8 Å². The highest BCUT2D eigenvalue weighted by molar-refractivity contribution is 9.11. The standard InChI is InChI=1S/C10H12BrN3O2S2/c11-8-5-7-10(17-8)18(15,16)13-9(14(7)12)6-3-1-2-4-6/h5-6H,1-4,12H2. The molecule has 0 radical (unpaired) electrons. The van der Waals surface area contributed by atoms with Gasteiger partial charge in [-0.1, -0.05) is 12.8 Å². The summed E-state index contributed by atoms with van der Waals surface area (Å²) >= 11 is 4.44. The Hall–Kier alpha value is -0.440. The summed E-state index contributed by atoms with van der Waals surface area (Å²) in [4.78, 5) is 0. The second-order valence-corrected chi connectivity index (χ2v) is 8.73. The van der Waals surface area contributed by atoms with Crippen LogP contribution in [0.3, 0.4) is 0 Å². The summed E-state index contributed by atoms with van der Waals surface area (Å²) in [5, 5.41) is 1.44. The van der Waals surface area contributed by atoms with E-state index in [1.807, 2.05) is 0 Å². The molecule has 1 fully saturated rings. The van der Waals surface area contributed by atoms with Gasteiger partial charge in [0.05, 0.1) is 9.47 Å². The third kappa shape index (κ3) is 1.91. The van der Waals surface area contributed by atoms with Crippen molar-refractivity contribution in [3.05, 3.63) is 9.85 Å². The Balaban J connectivity index is 2.11. The maximum absolute atomic E-state index is 12.1. The Morgan fingerprint density at radius 1 is 1.44 bits per heavy atom. The van der Waals surface area contributed by atoms with Crippen molar-refractivity contribution in [2.75, 3.05) is 5.01 Å². The van der Waals surface area contributed by atoms with E-state index in [1.165, 1.54) is 5.01 Å². The minimum absolute atomic E-state index is 0.164. The fourth-order valence-corrected chi connectivity index (χ4v) is 5.90. The van der Waals surface area contributed by atoms with Crippen molar-refractivity contribution in [1.29, 1.82) is 0 Å². The SMILES string of the molecule is NN1C(C2CCCC2)=NS(=O)(=O)c2sc(Br)cc21. The number of sulfonamides is 1. The van der Waals surface area contributed by atoms with Crippen molar-refractivity contribution in [3.8, 4) is 0 Å². The molecule has 98 valence electrons. The molecular weight excluding hydrogens is 338 g/mol. The molecule has 2 heterocycles. The van der Waals surface area contributed by atoms with Gasteiger partial charge in [0.25, 0.3) is 10.0 Å². The van der Waals surface area contributed by atoms with Crippen LogP contribution in [-0.2, 0) is 10.0 Å². The van der Waals surface area contributed by atoms with Crippen LogP contribution in [0.2, 0.25) is 0 Å². The van der Waals surface area contributed by atoms with Crippen LogP contribution in [0.5, 0.6) is 0 Å². The normalized spacial score (nSPS) is 23.0. The molecule has 1 aliphatic carbocycles. The molecule has 0 bridgehead atoms. The molecule has 0 amide bonds. The molecule has 3 rings (SSSR count). The summed E-state index contributed by atoms with van der Waals surface area (Å²) < 4.78 is 29.1. The summed E-state index contributed by atoms with van der Waals surface area (Å²) in [6.45, 7) is 0. The minimum atomic E-state index is -3.59. The molecule has 1 aromatic rings. The molecule has 0 atom stereocenters. The molecule has 0 aromatic carbocycles. The van der Waals surface area contributed by atoms with Gasteiger partial charge in [0, 0.05) is 5.92 Å². The number of amidine groups is 1. The van der Waals surface area contributed by atoms with Gasteiger partial charge in [0.1, 0.15) is 5.84 Å². The fourth-order valence-electron chi connectivity index (χ4n) is 2.48. The Bertz CT molecular complexity index is 617. The first-order chi connectivity index (χ1) is 8.49. The Kier molecular flexibility index (Phi) is 3.00.